The number of amides is 1. The Morgan fingerprint density at radius 2 is 1.88 bits per heavy atom. The van der Waals surface area contributed by atoms with Crippen LogP contribution in [0.15, 0.2) is 22.7 Å². The van der Waals surface area contributed by atoms with Gasteiger partial charge in [-0.15, -0.1) is 0 Å². The average molecular weight is 348 g/mol. The van der Waals surface area contributed by atoms with Gasteiger partial charge in [0.1, 0.15) is 11.6 Å². The van der Waals surface area contributed by atoms with E-state index < -0.39 is 17.2 Å². The molecule has 1 unspecified atom stereocenters. The van der Waals surface area contributed by atoms with Crippen molar-refractivity contribution in [2.75, 3.05) is 11.4 Å². The van der Waals surface area contributed by atoms with Crippen LogP contribution in [0, 0.1) is 11.6 Å². The molecule has 1 saturated heterocycles. The average Bonchev–Trinajstić information content (AvgIpc) is 3.25. The first-order valence-corrected chi connectivity index (χ1v) is 8.34. The van der Waals surface area contributed by atoms with Crippen LogP contribution in [0.3, 0.4) is 0 Å². The van der Waals surface area contributed by atoms with Crippen molar-refractivity contribution in [1.29, 1.82) is 0 Å². The molecule has 0 bridgehead atoms. The van der Waals surface area contributed by atoms with Crippen molar-refractivity contribution >= 4 is 11.6 Å². The van der Waals surface area contributed by atoms with E-state index in [1.54, 1.807) is 0 Å². The van der Waals surface area contributed by atoms with E-state index in [0.717, 1.165) is 43.9 Å². The molecule has 2 N–H and O–H groups in total. The third-order valence-electron chi connectivity index (χ3n) is 5.02. The van der Waals surface area contributed by atoms with Gasteiger partial charge in [0.15, 0.2) is 5.82 Å². The van der Waals surface area contributed by atoms with Crippen LogP contribution in [-0.2, 0) is 10.3 Å². The summed E-state index contributed by atoms with van der Waals surface area (Å²) in [7, 11) is 0. The van der Waals surface area contributed by atoms with Gasteiger partial charge in [0, 0.05) is 24.7 Å². The highest BCUT2D eigenvalue weighted by Crippen LogP contribution is 2.37. The van der Waals surface area contributed by atoms with Crippen LogP contribution in [0.2, 0.25) is 0 Å². The molecule has 1 saturated carbocycles. The number of carbonyl (C=O) groups is 1. The van der Waals surface area contributed by atoms with Gasteiger partial charge in [-0.3, -0.25) is 4.79 Å². The lowest BCUT2D eigenvalue weighted by molar-refractivity contribution is -0.117. The summed E-state index contributed by atoms with van der Waals surface area (Å²) in [4.78, 5) is 18.0. The zero-order valence-corrected chi connectivity index (χ0v) is 13.5. The second-order valence-electron chi connectivity index (χ2n) is 6.85. The fourth-order valence-corrected chi connectivity index (χ4v) is 3.65. The first-order chi connectivity index (χ1) is 11.9. The third kappa shape index (κ3) is 2.90. The number of nitrogens with zero attached hydrogens (tertiary/aromatic N) is 3. The molecule has 0 radical (unpaired) electrons. The molecule has 4 rings (SSSR count). The summed E-state index contributed by atoms with van der Waals surface area (Å²) >= 11 is 0. The first kappa shape index (κ1) is 16.1. The Hall–Kier alpha value is -2.35. The molecular formula is C17H18F2N4O2. The van der Waals surface area contributed by atoms with E-state index in [4.69, 9.17) is 10.3 Å². The first-order valence-electron chi connectivity index (χ1n) is 8.34. The fraction of sp³-hybridized carbons (Fsp3) is 0.471. The van der Waals surface area contributed by atoms with Crippen molar-refractivity contribution in [3.63, 3.8) is 0 Å². The Bertz CT molecular complexity index is 796. The Labute approximate surface area is 143 Å². The van der Waals surface area contributed by atoms with Gasteiger partial charge < -0.3 is 15.2 Å². The molecule has 2 heterocycles. The number of hydrogen-bond acceptors (Lipinski definition) is 5. The van der Waals surface area contributed by atoms with Crippen LogP contribution in [0.5, 0.6) is 0 Å². The van der Waals surface area contributed by atoms with Crippen molar-refractivity contribution in [3.8, 4) is 0 Å². The minimum atomic E-state index is -0.724. The molecule has 1 aliphatic heterocycles. The van der Waals surface area contributed by atoms with Crippen molar-refractivity contribution < 1.29 is 18.1 Å². The quantitative estimate of drug-likeness (QED) is 0.921. The van der Waals surface area contributed by atoms with E-state index >= 15 is 0 Å². The van der Waals surface area contributed by atoms with Crippen molar-refractivity contribution in [2.45, 2.75) is 43.6 Å². The highest BCUT2D eigenvalue weighted by Gasteiger charge is 2.39. The van der Waals surface area contributed by atoms with Gasteiger partial charge in [0.25, 0.3) is 0 Å². The van der Waals surface area contributed by atoms with Crippen LogP contribution >= 0.6 is 0 Å². The molecule has 8 heteroatoms. The molecule has 0 spiro atoms. The SMILES string of the molecule is NC1(c2noc(C3CC(=O)N(c4cc(F)cc(F)c4)C3)n2)CCCC1. The minimum Gasteiger partial charge on any atom is -0.339 e. The number of aromatic nitrogens is 2. The Morgan fingerprint density at radius 1 is 1.20 bits per heavy atom. The molecule has 2 aliphatic rings. The maximum absolute atomic E-state index is 13.4. The number of nitrogens with two attached hydrogens (primary N) is 1. The van der Waals surface area contributed by atoms with Crippen LogP contribution in [-0.4, -0.2) is 22.6 Å². The molecule has 1 aliphatic carbocycles. The Morgan fingerprint density at radius 3 is 2.56 bits per heavy atom. The number of carbonyl (C=O) groups excluding carboxylic acids is 1. The lowest BCUT2D eigenvalue weighted by atomic mass is 9.98. The molecule has 1 amide bonds. The molecule has 2 fully saturated rings. The topological polar surface area (TPSA) is 85.2 Å². The normalized spacial score (nSPS) is 22.8. The van der Waals surface area contributed by atoms with E-state index in [1.807, 2.05) is 0 Å². The number of rotatable bonds is 3. The van der Waals surface area contributed by atoms with Gasteiger partial charge in [0.2, 0.25) is 11.8 Å². The van der Waals surface area contributed by atoms with E-state index in [2.05, 4.69) is 10.1 Å². The summed E-state index contributed by atoms with van der Waals surface area (Å²) < 4.78 is 32.2. The summed E-state index contributed by atoms with van der Waals surface area (Å²) in [5, 5.41) is 4.00. The lowest BCUT2D eigenvalue weighted by Gasteiger charge is -2.18. The standard InChI is InChI=1S/C17H18F2N4O2/c18-11-6-12(19)8-13(7-11)23-9-10(5-14(23)24)15-21-16(22-25-15)17(20)3-1-2-4-17/h6-8,10H,1-5,9,20H2. The lowest BCUT2D eigenvalue weighted by Crippen LogP contribution is -2.34. The predicted octanol–water partition coefficient (Wildman–Crippen LogP) is 2.60. The van der Waals surface area contributed by atoms with Crippen LogP contribution in [0.4, 0.5) is 14.5 Å². The maximum Gasteiger partial charge on any atom is 0.232 e. The zero-order chi connectivity index (χ0) is 17.6. The van der Waals surface area contributed by atoms with Crippen LogP contribution in [0.1, 0.15) is 49.7 Å². The van der Waals surface area contributed by atoms with Gasteiger partial charge in [0.05, 0.1) is 11.5 Å². The highest BCUT2D eigenvalue weighted by atomic mass is 19.1. The Kier molecular flexibility index (Phi) is 3.79. The van der Waals surface area contributed by atoms with Gasteiger partial charge >= 0.3 is 0 Å². The zero-order valence-electron chi connectivity index (χ0n) is 13.5. The molecule has 1 aromatic carbocycles. The largest absolute Gasteiger partial charge is 0.339 e. The number of benzene rings is 1. The number of anilines is 1. The summed E-state index contributed by atoms with van der Waals surface area (Å²) in [6.45, 7) is 0.237. The fourth-order valence-electron chi connectivity index (χ4n) is 3.65. The van der Waals surface area contributed by atoms with Gasteiger partial charge in [-0.25, -0.2) is 8.78 Å². The van der Waals surface area contributed by atoms with Crippen molar-refractivity contribution in [1.82, 2.24) is 10.1 Å². The molecule has 1 atom stereocenters. The molecular weight excluding hydrogens is 330 g/mol. The second kappa shape index (κ2) is 5.87. The molecule has 25 heavy (non-hydrogen) atoms. The van der Waals surface area contributed by atoms with E-state index in [-0.39, 0.29) is 30.5 Å². The highest BCUT2D eigenvalue weighted by molar-refractivity contribution is 5.96. The van der Waals surface area contributed by atoms with Crippen molar-refractivity contribution in [3.05, 3.63) is 41.5 Å². The summed E-state index contributed by atoms with van der Waals surface area (Å²) in [6.07, 6.45) is 3.83. The second-order valence-corrected chi connectivity index (χ2v) is 6.85. The summed E-state index contributed by atoms with van der Waals surface area (Å²) in [5.41, 5.74) is 5.96. The van der Waals surface area contributed by atoms with Crippen LogP contribution < -0.4 is 10.6 Å². The predicted molar refractivity (Wildman–Crippen MR) is 84.7 cm³/mol. The summed E-state index contributed by atoms with van der Waals surface area (Å²) in [6, 6.07) is 3.04. The summed E-state index contributed by atoms with van der Waals surface area (Å²) in [5.74, 6) is -1.18. The van der Waals surface area contributed by atoms with Crippen LogP contribution in [0.25, 0.3) is 0 Å². The molecule has 132 valence electrons. The monoisotopic (exact) mass is 348 g/mol. The molecule has 2 aromatic rings. The van der Waals surface area contributed by atoms with E-state index in [9.17, 15) is 13.6 Å². The van der Waals surface area contributed by atoms with E-state index in [0.29, 0.717) is 11.7 Å². The smallest absolute Gasteiger partial charge is 0.232 e. The van der Waals surface area contributed by atoms with E-state index in [1.165, 1.54) is 4.90 Å². The van der Waals surface area contributed by atoms with Gasteiger partial charge in [-0.05, 0) is 25.0 Å². The third-order valence-corrected chi connectivity index (χ3v) is 5.02. The Balaban J connectivity index is 1.55. The van der Waals surface area contributed by atoms with Gasteiger partial charge in [-0.1, -0.05) is 18.0 Å². The van der Waals surface area contributed by atoms with Gasteiger partial charge in [-0.2, -0.15) is 4.98 Å². The van der Waals surface area contributed by atoms with Crippen molar-refractivity contribution in [2.24, 2.45) is 5.73 Å². The maximum atomic E-state index is 13.4. The number of hydrogen-bond donors (Lipinski definition) is 1. The molecule has 6 nitrogen and oxygen atoms in total. The number of halogens is 2. The minimum absolute atomic E-state index is 0.150. The molecule has 1 aromatic heterocycles.